The topological polar surface area (TPSA) is 89.9 Å². The van der Waals surface area contributed by atoms with E-state index in [1.54, 1.807) is 4.90 Å². The molecule has 6 heteroatoms. The first-order valence-electron chi connectivity index (χ1n) is 6.58. The summed E-state index contributed by atoms with van der Waals surface area (Å²) < 4.78 is 0. The number of aromatic hydroxyl groups is 2. The third-order valence-electron chi connectivity index (χ3n) is 2.99. The Labute approximate surface area is 118 Å². The summed E-state index contributed by atoms with van der Waals surface area (Å²) in [5, 5.41) is 21.6. The van der Waals surface area contributed by atoms with Crippen LogP contribution in [0, 0.1) is 0 Å². The summed E-state index contributed by atoms with van der Waals surface area (Å²) in [6.45, 7) is 5.19. The Kier molecular flexibility index (Phi) is 5.83. The van der Waals surface area contributed by atoms with Gasteiger partial charge in [0.25, 0.3) is 5.91 Å². The molecule has 2 amide bonds. The molecule has 0 saturated heterocycles. The lowest BCUT2D eigenvalue weighted by Crippen LogP contribution is -2.34. The van der Waals surface area contributed by atoms with Crippen molar-refractivity contribution in [3.8, 4) is 11.5 Å². The molecule has 0 aliphatic carbocycles. The van der Waals surface area contributed by atoms with E-state index in [0.29, 0.717) is 13.1 Å². The van der Waals surface area contributed by atoms with Gasteiger partial charge in [-0.2, -0.15) is 0 Å². The Hall–Kier alpha value is -2.24. The van der Waals surface area contributed by atoms with Gasteiger partial charge in [0, 0.05) is 26.1 Å². The minimum atomic E-state index is -0.604. The van der Waals surface area contributed by atoms with E-state index in [-0.39, 0.29) is 35.9 Å². The minimum absolute atomic E-state index is 0.0446. The van der Waals surface area contributed by atoms with E-state index in [2.05, 4.69) is 5.32 Å². The summed E-state index contributed by atoms with van der Waals surface area (Å²) in [6.07, 6.45) is 0.182. The van der Waals surface area contributed by atoms with Crippen LogP contribution in [0.4, 0.5) is 0 Å². The molecule has 0 heterocycles. The van der Waals surface area contributed by atoms with Gasteiger partial charge in [-0.25, -0.2) is 0 Å². The van der Waals surface area contributed by atoms with Crippen LogP contribution in [-0.2, 0) is 4.79 Å². The first kappa shape index (κ1) is 15.8. The highest BCUT2D eigenvalue weighted by Gasteiger charge is 2.16. The predicted octanol–water partition coefficient (Wildman–Crippen LogP) is 1.09. The molecule has 1 rings (SSSR count). The number of hydrogen-bond donors (Lipinski definition) is 3. The van der Waals surface area contributed by atoms with Gasteiger partial charge in [0.1, 0.15) is 17.1 Å². The molecule has 110 valence electrons. The molecule has 3 N–H and O–H groups in total. The molecule has 1 aromatic rings. The van der Waals surface area contributed by atoms with Crippen LogP contribution in [0.3, 0.4) is 0 Å². The number of carbonyl (C=O) groups is 2. The highest BCUT2D eigenvalue weighted by Crippen LogP contribution is 2.25. The van der Waals surface area contributed by atoms with Crippen molar-refractivity contribution in [2.75, 3.05) is 19.6 Å². The van der Waals surface area contributed by atoms with E-state index in [1.165, 1.54) is 18.2 Å². The highest BCUT2D eigenvalue weighted by molar-refractivity contribution is 5.99. The maximum atomic E-state index is 11.8. The van der Waals surface area contributed by atoms with Crippen LogP contribution in [0.5, 0.6) is 11.5 Å². The number of hydrogen-bond acceptors (Lipinski definition) is 4. The van der Waals surface area contributed by atoms with E-state index in [1.807, 2.05) is 13.8 Å². The molecule has 6 nitrogen and oxygen atoms in total. The van der Waals surface area contributed by atoms with Crippen LogP contribution in [0.25, 0.3) is 0 Å². The highest BCUT2D eigenvalue weighted by atomic mass is 16.3. The van der Waals surface area contributed by atoms with Gasteiger partial charge in [-0.05, 0) is 26.0 Å². The predicted molar refractivity (Wildman–Crippen MR) is 74.6 cm³/mol. The van der Waals surface area contributed by atoms with Crippen molar-refractivity contribution < 1.29 is 19.8 Å². The Balaban J connectivity index is 2.54. The SMILES string of the molecule is CCN(CC)C(=O)CCNC(=O)c1c(O)cccc1O. The molecule has 0 radical (unpaired) electrons. The Bertz CT molecular complexity index is 464. The fourth-order valence-electron chi connectivity index (χ4n) is 1.87. The molecular formula is C14H20N2O4. The van der Waals surface area contributed by atoms with Crippen LogP contribution in [0.2, 0.25) is 0 Å². The number of benzene rings is 1. The second-order valence-electron chi connectivity index (χ2n) is 4.24. The number of phenols is 2. The van der Waals surface area contributed by atoms with Gasteiger partial charge in [0.05, 0.1) is 0 Å². The molecule has 0 aliphatic rings. The molecule has 0 saturated carbocycles. The largest absolute Gasteiger partial charge is 0.507 e. The third-order valence-corrected chi connectivity index (χ3v) is 2.99. The van der Waals surface area contributed by atoms with Gasteiger partial charge in [-0.1, -0.05) is 6.07 Å². The van der Waals surface area contributed by atoms with Gasteiger partial charge < -0.3 is 20.4 Å². The van der Waals surface area contributed by atoms with Crippen molar-refractivity contribution in [1.29, 1.82) is 0 Å². The van der Waals surface area contributed by atoms with E-state index < -0.39 is 5.91 Å². The Morgan fingerprint density at radius 3 is 2.20 bits per heavy atom. The van der Waals surface area contributed by atoms with E-state index in [9.17, 15) is 19.8 Å². The average molecular weight is 280 g/mol. The van der Waals surface area contributed by atoms with Gasteiger partial charge in [-0.3, -0.25) is 9.59 Å². The number of rotatable bonds is 6. The number of carbonyl (C=O) groups excluding carboxylic acids is 2. The van der Waals surface area contributed by atoms with E-state index >= 15 is 0 Å². The zero-order valence-electron chi connectivity index (χ0n) is 11.7. The van der Waals surface area contributed by atoms with Crippen molar-refractivity contribution >= 4 is 11.8 Å². The molecule has 0 aliphatic heterocycles. The van der Waals surface area contributed by atoms with Gasteiger partial charge in [0.15, 0.2) is 0 Å². The first-order valence-corrected chi connectivity index (χ1v) is 6.58. The molecule has 0 unspecified atom stereocenters. The summed E-state index contributed by atoms with van der Waals surface area (Å²) in [5.74, 6) is -1.24. The van der Waals surface area contributed by atoms with Crippen molar-refractivity contribution in [2.24, 2.45) is 0 Å². The molecule has 20 heavy (non-hydrogen) atoms. The summed E-state index contributed by atoms with van der Waals surface area (Å²) in [5.41, 5.74) is -0.178. The second-order valence-corrected chi connectivity index (χ2v) is 4.24. The normalized spacial score (nSPS) is 10.1. The van der Waals surface area contributed by atoms with Crippen molar-refractivity contribution in [3.63, 3.8) is 0 Å². The van der Waals surface area contributed by atoms with E-state index in [0.717, 1.165) is 0 Å². The fourth-order valence-corrected chi connectivity index (χ4v) is 1.87. The molecule has 0 aromatic heterocycles. The monoisotopic (exact) mass is 280 g/mol. The van der Waals surface area contributed by atoms with Crippen molar-refractivity contribution in [1.82, 2.24) is 10.2 Å². The molecular weight excluding hydrogens is 260 g/mol. The van der Waals surface area contributed by atoms with Crippen LogP contribution < -0.4 is 5.32 Å². The van der Waals surface area contributed by atoms with Crippen LogP contribution in [0.15, 0.2) is 18.2 Å². The van der Waals surface area contributed by atoms with E-state index in [4.69, 9.17) is 0 Å². The molecule has 0 spiro atoms. The second kappa shape index (κ2) is 7.37. The number of amides is 2. The number of phenolic OH excluding ortho intramolecular Hbond substituents is 2. The lowest BCUT2D eigenvalue weighted by molar-refractivity contribution is -0.130. The fraction of sp³-hybridized carbons (Fsp3) is 0.429. The summed E-state index contributed by atoms with van der Waals surface area (Å²) >= 11 is 0. The third kappa shape index (κ3) is 3.88. The summed E-state index contributed by atoms with van der Waals surface area (Å²) in [7, 11) is 0. The van der Waals surface area contributed by atoms with Crippen LogP contribution >= 0.6 is 0 Å². The maximum absolute atomic E-state index is 11.8. The van der Waals surface area contributed by atoms with Gasteiger partial charge in [-0.15, -0.1) is 0 Å². The maximum Gasteiger partial charge on any atom is 0.258 e. The van der Waals surface area contributed by atoms with Gasteiger partial charge in [0.2, 0.25) is 5.91 Å². The zero-order valence-corrected chi connectivity index (χ0v) is 11.7. The van der Waals surface area contributed by atoms with Crippen LogP contribution in [-0.4, -0.2) is 46.6 Å². The van der Waals surface area contributed by atoms with Gasteiger partial charge >= 0.3 is 0 Å². The Morgan fingerprint density at radius 2 is 1.70 bits per heavy atom. The number of nitrogens with zero attached hydrogens (tertiary/aromatic N) is 1. The summed E-state index contributed by atoms with van der Waals surface area (Å²) in [4.78, 5) is 25.2. The molecule has 1 aromatic carbocycles. The van der Waals surface area contributed by atoms with Crippen molar-refractivity contribution in [3.05, 3.63) is 23.8 Å². The minimum Gasteiger partial charge on any atom is -0.507 e. The molecule has 0 atom stereocenters. The molecule has 0 fully saturated rings. The smallest absolute Gasteiger partial charge is 0.258 e. The van der Waals surface area contributed by atoms with Crippen LogP contribution in [0.1, 0.15) is 30.6 Å². The average Bonchev–Trinajstić information content (AvgIpc) is 2.40. The zero-order chi connectivity index (χ0) is 15.1. The van der Waals surface area contributed by atoms with Crippen molar-refractivity contribution in [2.45, 2.75) is 20.3 Å². The lowest BCUT2D eigenvalue weighted by atomic mass is 10.1. The molecule has 0 bridgehead atoms. The quantitative estimate of drug-likeness (QED) is 0.727. The number of nitrogens with one attached hydrogen (secondary N) is 1. The first-order chi connectivity index (χ1) is 9.51. The lowest BCUT2D eigenvalue weighted by Gasteiger charge is -2.18. The standard InChI is InChI=1S/C14H20N2O4/c1-3-16(4-2)12(19)8-9-15-14(20)13-10(17)6-5-7-11(13)18/h5-7,17-18H,3-4,8-9H2,1-2H3,(H,15,20). The summed E-state index contributed by atoms with van der Waals surface area (Å²) in [6, 6.07) is 4.07. The Morgan fingerprint density at radius 1 is 1.15 bits per heavy atom.